The molecule has 1 aromatic carbocycles. The van der Waals surface area contributed by atoms with E-state index in [4.69, 9.17) is 26.2 Å². The van der Waals surface area contributed by atoms with Crippen LogP contribution in [0.2, 0.25) is 0 Å². The van der Waals surface area contributed by atoms with Gasteiger partial charge in [-0.3, -0.25) is 5.32 Å². The van der Waals surface area contributed by atoms with Crippen LogP contribution in [-0.2, 0) is 9.53 Å². The third-order valence-electron chi connectivity index (χ3n) is 4.67. The minimum atomic E-state index is -0.827. The second-order valence-corrected chi connectivity index (χ2v) is 8.21. The fourth-order valence-corrected chi connectivity index (χ4v) is 4.25. The number of carbonyl (C=O) groups excluding carboxylic acids is 1. The fraction of sp³-hybridized carbons (Fsp3) is 0.250. The molecule has 0 bridgehead atoms. The number of nitriles is 2. The van der Waals surface area contributed by atoms with Crippen molar-refractivity contribution in [2.24, 2.45) is 4.99 Å². The monoisotopic (exact) mass is 592 g/mol. The molecule has 0 aliphatic carbocycles. The first-order chi connectivity index (χ1) is 16.3. The lowest BCUT2D eigenvalue weighted by Crippen LogP contribution is -2.33. The molecule has 14 heteroatoms. The van der Waals surface area contributed by atoms with Gasteiger partial charge in [0.15, 0.2) is 24.3 Å². The van der Waals surface area contributed by atoms with Crippen molar-refractivity contribution in [3.8, 4) is 23.8 Å². The van der Waals surface area contributed by atoms with Gasteiger partial charge in [-0.25, -0.2) is 14.8 Å². The summed E-state index contributed by atoms with van der Waals surface area (Å²) in [5.74, 6) is 0.271. The van der Waals surface area contributed by atoms with E-state index in [9.17, 15) is 10.1 Å². The zero-order chi connectivity index (χ0) is 25.0. The maximum Gasteiger partial charge on any atom is 0.343 e. The summed E-state index contributed by atoms with van der Waals surface area (Å²) < 4.78 is 16.9. The Morgan fingerprint density at radius 3 is 2.65 bits per heavy atom. The van der Waals surface area contributed by atoms with E-state index in [1.165, 1.54) is 7.11 Å². The Morgan fingerprint density at radius 2 is 2.03 bits per heavy atom. The summed E-state index contributed by atoms with van der Waals surface area (Å²) in [4.78, 5) is 20.4. The molecule has 34 heavy (non-hydrogen) atoms. The number of methoxy groups -OCH3 is 1. The average Bonchev–Trinajstić information content (AvgIpc) is 2.80. The second kappa shape index (κ2) is 10.5. The van der Waals surface area contributed by atoms with E-state index >= 15 is 0 Å². The summed E-state index contributed by atoms with van der Waals surface area (Å²) in [5, 5.41) is 23.9. The molecule has 1 unspecified atom stereocenters. The van der Waals surface area contributed by atoms with E-state index in [-0.39, 0.29) is 41.2 Å². The number of anilines is 3. The number of halogens is 2. The van der Waals surface area contributed by atoms with Crippen LogP contribution in [0.1, 0.15) is 29.7 Å². The maximum absolute atomic E-state index is 11.6. The van der Waals surface area contributed by atoms with Crippen molar-refractivity contribution < 1.29 is 19.0 Å². The number of aliphatic imine (C=N–C) groups is 1. The molecule has 1 aliphatic heterocycles. The zero-order valence-corrected chi connectivity index (χ0v) is 21.1. The third kappa shape index (κ3) is 4.64. The number of rotatable bonds is 6. The molecule has 1 atom stereocenters. The Bertz CT molecular complexity index is 1270. The van der Waals surface area contributed by atoms with Crippen LogP contribution in [0.5, 0.6) is 11.5 Å². The van der Waals surface area contributed by atoms with Gasteiger partial charge in [0, 0.05) is 15.6 Å². The van der Waals surface area contributed by atoms with Crippen LogP contribution in [-0.4, -0.2) is 37.2 Å². The third-order valence-corrected chi connectivity index (χ3v) is 6.81. The predicted octanol–water partition coefficient (Wildman–Crippen LogP) is 2.53. The van der Waals surface area contributed by atoms with Crippen molar-refractivity contribution in [3.63, 3.8) is 0 Å². The lowest BCUT2D eigenvalue weighted by Gasteiger charge is -2.27. The first-order valence-corrected chi connectivity index (χ1v) is 11.2. The van der Waals surface area contributed by atoms with Crippen molar-refractivity contribution in [2.45, 2.75) is 13.0 Å². The molecular weight excluding hydrogens is 576 g/mol. The lowest BCUT2D eigenvalue weighted by molar-refractivity contribution is -0.142. The molecule has 0 amide bonds. The molecule has 3 rings (SSSR count). The molecule has 2 heterocycles. The molecule has 0 saturated carbocycles. The van der Waals surface area contributed by atoms with E-state index < -0.39 is 12.0 Å². The molecule has 0 radical (unpaired) electrons. The number of esters is 1. The Hall–Kier alpha value is -3.75. The van der Waals surface area contributed by atoms with Gasteiger partial charge in [-0.1, -0.05) is 0 Å². The topological polar surface area (TPSA) is 194 Å². The Morgan fingerprint density at radius 1 is 1.29 bits per heavy atom. The van der Waals surface area contributed by atoms with Gasteiger partial charge in [0.2, 0.25) is 5.96 Å². The first-order valence-electron chi connectivity index (χ1n) is 9.60. The van der Waals surface area contributed by atoms with Crippen LogP contribution >= 0.6 is 31.9 Å². The number of nitrogen functional groups attached to an aromatic ring is 2. The van der Waals surface area contributed by atoms with Gasteiger partial charge in [0.1, 0.15) is 29.3 Å². The summed E-state index contributed by atoms with van der Waals surface area (Å²) in [6.07, 6.45) is 1.80. The molecule has 0 spiro atoms. The molecule has 6 N–H and O–H groups in total. The lowest BCUT2D eigenvalue weighted by atomic mass is 9.95. The standard InChI is InChI=1S/C20H18Br2N8O4/c1-3-33-10-4-8(13(21)14(22)17(10)34-6-11(31)32-2)16-12-15(25)9(5-23)18(26)29-19(12)30-20(28-16)27-7-24/h4,16H,3,6H2,1-2H3,(H6,25,26,27,28,29,30). The second-order valence-electron chi connectivity index (χ2n) is 6.62. The van der Waals surface area contributed by atoms with Crippen LogP contribution in [0.25, 0.3) is 0 Å². The molecule has 1 aliphatic rings. The molecule has 0 fully saturated rings. The quantitative estimate of drug-likeness (QED) is 0.218. The Labute approximate surface area is 211 Å². The van der Waals surface area contributed by atoms with E-state index in [2.05, 4.69) is 57.2 Å². The van der Waals surface area contributed by atoms with Crippen molar-refractivity contribution >= 4 is 61.1 Å². The molecule has 12 nitrogen and oxygen atoms in total. The van der Waals surface area contributed by atoms with Gasteiger partial charge < -0.3 is 31.0 Å². The van der Waals surface area contributed by atoms with E-state index in [0.29, 0.717) is 32.4 Å². The fourth-order valence-electron chi connectivity index (χ4n) is 3.20. The normalized spacial score (nSPS) is 13.9. The molecule has 1 aromatic heterocycles. The van der Waals surface area contributed by atoms with Gasteiger partial charge in [0.05, 0.1) is 23.9 Å². The highest BCUT2D eigenvalue weighted by Gasteiger charge is 2.33. The van der Waals surface area contributed by atoms with Crippen molar-refractivity contribution in [2.75, 3.05) is 37.1 Å². The van der Waals surface area contributed by atoms with Gasteiger partial charge >= 0.3 is 5.97 Å². The maximum atomic E-state index is 11.6. The average molecular weight is 594 g/mol. The van der Waals surface area contributed by atoms with Crippen LogP contribution in [0.3, 0.4) is 0 Å². The number of carbonyl (C=O) groups is 1. The summed E-state index contributed by atoms with van der Waals surface area (Å²) in [6.45, 7) is 1.75. The number of aromatic nitrogens is 1. The molecule has 2 aromatic rings. The highest BCUT2D eigenvalue weighted by Crippen LogP contribution is 2.49. The molecule has 176 valence electrons. The minimum Gasteiger partial charge on any atom is -0.490 e. The number of nitrogens with one attached hydrogen (secondary N) is 2. The predicted molar refractivity (Wildman–Crippen MR) is 130 cm³/mol. The largest absolute Gasteiger partial charge is 0.490 e. The van der Waals surface area contributed by atoms with Gasteiger partial charge in [-0.05, 0) is 44.8 Å². The summed E-state index contributed by atoms with van der Waals surface area (Å²) in [7, 11) is 1.25. The van der Waals surface area contributed by atoms with Gasteiger partial charge in [-0.15, -0.1) is 0 Å². The Kier molecular flexibility index (Phi) is 7.65. The van der Waals surface area contributed by atoms with Crippen LogP contribution < -0.4 is 31.6 Å². The van der Waals surface area contributed by atoms with Crippen molar-refractivity contribution in [3.05, 3.63) is 31.7 Å². The minimum absolute atomic E-state index is 0.00990. The highest BCUT2D eigenvalue weighted by molar-refractivity contribution is 9.13. The van der Waals surface area contributed by atoms with Gasteiger partial charge in [0.25, 0.3) is 0 Å². The number of pyridine rings is 1. The van der Waals surface area contributed by atoms with E-state index in [1.807, 2.05) is 6.07 Å². The van der Waals surface area contributed by atoms with E-state index in [0.717, 1.165) is 0 Å². The number of fused-ring (bicyclic) bond motifs is 1. The Balaban J connectivity index is 2.25. The first kappa shape index (κ1) is 24.9. The molecular formula is C20H18Br2N8O4. The highest BCUT2D eigenvalue weighted by atomic mass is 79.9. The van der Waals surface area contributed by atoms with Gasteiger partial charge in [-0.2, -0.15) is 10.5 Å². The smallest absolute Gasteiger partial charge is 0.343 e. The number of nitrogens with two attached hydrogens (primary N) is 2. The van der Waals surface area contributed by atoms with Crippen molar-refractivity contribution in [1.29, 1.82) is 10.5 Å². The number of hydrogen-bond acceptors (Lipinski definition) is 12. The number of hydrogen-bond donors (Lipinski definition) is 4. The van der Waals surface area contributed by atoms with Crippen LogP contribution in [0, 0.1) is 22.8 Å². The number of nitrogens with zero attached hydrogens (tertiary/aromatic N) is 4. The number of guanidine groups is 1. The van der Waals surface area contributed by atoms with Crippen molar-refractivity contribution in [1.82, 2.24) is 10.3 Å². The summed E-state index contributed by atoms with van der Waals surface area (Å²) in [5.41, 5.74) is 13.2. The van der Waals surface area contributed by atoms with Crippen LogP contribution in [0.15, 0.2) is 20.0 Å². The van der Waals surface area contributed by atoms with E-state index in [1.54, 1.807) is 19.2 Å². The number of ether oxygens (including phenoxy) is 3. The summed E-state index contributed by atoms with van der Waals surface area (Å²) >= 11 is 7.02. The zero-order valence-electron chi connectivity index (χ0n) is 17.9. The van der Waals surface area contributed by atoms with Crippen LogP contribution in [0.4, 0.5) is 17.3 Å². The molecule has 0 saturated heterocycles. The SMILES string of the molecule is CCOc1cc(C2N=C(NC#N)Nc3nc(N)c(C#N)c(N)c32)c(Br)c(Br)c1OCC(=O)OC. The number of benzene rings is 1. The summed E-state index contributed by atoms with van der Waals surface area (Å²) in [6, 6.07) is 2.78.